The van der Waals surface area contributed by atoms with Gasteiger partial charge in [-0.15, -0.1) is 0 Å². The predicted octanol–water partition coefficient (Wildman–Crippen LogP) is 14.6. The van der Waals surface area contributed by atoms with Crippen molar-refractivity contribution in [1.82, 2.24) is 0 Å². The molecular formula is C40H82O4Zn. The van der Waals surface area contributed by atoms with Gasteiger partial charge >= 0.3 is 130 Å². The first kappa shape index (κ1) is 49.0. The molecule has 2 N–H and O–H groups in total. The van der Waals surface area contributed by atoms with Gasteiger partial charge in [0.2, 0.25) is 0 Å². The van der Waals surface area contributed by atoms with E-state index in [4.69, 9.17) is 10.2 Å². The summed E-state index contributed by atoms with van der Waals surface area (Å²) < 4.78 is 0. The van der Waals surface area contributed by atoms with Gasteiger partial charge in [0.05, 0.1) is 0 Å². The molecule has 4 nitrogen and oxygen atoms in total. The number of hydrogen-bond donors (Lipinski definition) is 2. The monoisotopic (exact) mass is 691 g/mol. The second-order valence-corrected chi connectivity index (χ2v) is 18.0. The summed E-state index contributed by atoms with van der Waals surface area (Å²) in [4.78, 5) is 20.4. The number of rotatable bonds is 34. The van der Waals surface area contributed by atoms with E-state index in [1.807, 2.05) is 0 Å². The fourth-order valence-corrected chi connectivity index (χ4v) is 9.33. The van der Waals surface area contributed by atoms with Gasteiger partial charge in [0.1, 0.15) is 0 Å². The third-order valence-corrected chi connectivity index (χ3v) is 12.9. The minimum atomic E-state index is -0.659. The molecule has 0 saturated carbocycles. The maximum atomic E-state index is 10.2. The summed E-state index contributed by atoms with van der Waals surface area (Å²) in [7, 11) is 0. The van der Waals surface area contributed by atoms with E-state index in [2.05, 4.69) is 27.7 Å². The average Bonchev–Trinajstić information content (AvgIpc) is 3.02. The van der Waals surface area contributed by atoms with Gasteiger partial charge < -0.3 is 10.2 Å². The Kier molecular flexibility index (Phi) is 52.2. The zero-order valence-electron chi connectivity index (χ0n) is 31.5. The first-order valence-corrected chi connectivity index (χ1v) is 24.6. The number of hydrogen-bond acceptors (Lipinski definition) is 2. The van der Waals surface area contributed by atoms with Crippen molar-refractivity contribution >= 4 is 11.9 Å². The van der Waals surface area contributed by atoms with E-state index < -0.39 is 11.9 Å². The molecule has 0 aromatic heterocycles. The van der Waals surface area contributed by atoms with Crippen LogP contribution in [0.5, 0.6) is 0 Å². The zero-order chi connectivity index (χ0) is 33.9. The van der Waals surface area contributed by atoms with Gasteiger partial charge in [-0.25, -0.2) is 0 Å². The van der Waals surface area contributed by atoms with Crippen molar-refractivity contribution in [2.75, 3.05) is 0 Å². The standard InChI is InChI=1S/2C12H24O2.2C8H17.Zn/c2*1-2-3-4-5-6-7-8-9-10-11-12(13)14;2*1-3-5-7-8-6-4-2;/h2*2-11H2,1H3,(H,13,14);2*1,3-8H2,2H3;. The number of unbranched alkanes of at least 4 members (excludes halogenated alkanes) is 26. The van der Waals surface area contributed by atoms with Crippen LogP contribution in [0.1, 0.15) is 233 Å². The molecule has 0 heterocycles. The van der Waals surface area contributed by atoms with Crippen molar-refractivity contribution in [1.29, 1.82) is 0 Å². The second-order valence-electron chi connectivity index (χ2n) is 13.5. The molecule has 0 amide bonds. The van der Waals surface area contributed by atoms with Crippen LogP contribution >= 0.6 is 0 Å². The number of carboxylic acid groups (broad SMARTS) is 2. The summed E-state index contributed by atoms with van der Waals surface area (Å²) in [6, 6.07) is 0. The first-order chi connectivity index (χ1) is 22.0. The van der Waals surface area contributed by atoms with E-state index in [9.17, 15) is 9.59 Å². The number of carbonyl (C=O) groups is 2. The molecule has 45 heavy (non-hydrogen) atoms. The first-order valence-electron chi connectivity index (χ1n) is 20.4. The van der Waals surface area contributed by atoms with Gasteiger partial charge in [0.25, 0.3) is 0 Å². The molecule has 0 aromatic carbocycles. The van der Waals surface area contributed by atoms with Crippen molar-refractivity contribution in [3.63, 3.8) is 0 Å². The van der Waals surface area contributed by atoms with Gasteiger partial charge in [-0.2, -0.15) is 0 Å². The number of aliphatic carboxylic acids is 2. The Labute approximate surface area is 291 Å². The molecule has 0 saturated heterocycles. The van der Waals surface area contributed by atoms with Crippen LogP contribution in [0.4, 0.5) is 0 Å². The van der Waals surface area contributed by atoms with Crippen molar-refractivity contribution in [2.24, 2.45) is 0 Å². The third kappa shape index (κ3) is 59.5. The fourth-order valence-electron chi connectivity index (χ4n) is 5.62. The summed E-state index contributed by atoms with van der Waals surface area (Å²) in [5.74, 6) is -1.32. The summed E-state index contributed by atoms with van der Waals surface area (Å²) in [6.45, 7) is 9.06. The Morgan fingerprint density at radius 1 is 0.333 bits per heavy atom. The SMILES string of the molecule is CCCCCCCCCCCC(=O)O.CCCCCCCCCCCC(=O)O.CCCCCCC[CH2][Zn][CH2]CCCCCCC. The molecule has 0 aromatic rings. The van der Waals surface area contributed by atoms with E-state index in [0.29, 0.717) is 12.8 Å². The van der Waals surface area contributed by atoms with E-state index in [1.54, 1.807) is 22.9 Å². The fraction of sp³-hybridized carbons (Fsp3) is 0.950. The molecule has 268 valence electrons. The van der Waals surface area contributed by atoms with Crippen LogP contribution in [-0.4, -0.2) is 22.2 Å². The van der Waals surface area contributed by atoms with Crippen LogP contribution in [0.25, 0.3) is 0 Å². The van der Waals surface area contributed by atoms with Crippen molar-refractivity contribution in [2.45, 2.75) is 243 Å². The minimum absolute atomic E-state index is 0.0720. The summed E-state index contributed by atoms with van der Waals surface area (Å²) in [5.41, 5.74) is 0. The molecule has 0 spiro atoms. The Morgan fingerprint density at radius 2 is 0.533 bits per heavy atom. The van der Waals surface area contributed by atoms with E-state index in [-0.39, 0.29) is 17.1 Å². The van der Waals surface area contributed by atoms with Gasteiger partial charge in [0, 0.05) is 12.8 Å². The van der Waals surface area contributed by atoms with Gasteiger partial charge in [-0.1, -0.05) is 117 Å². The number of carboxylic acids is 2. The van der Waals surface area contributed by atoms with Crippen LogP contribution < -0.4 is 0 Å². The molecule has 0 fully saturated rings. The molecule has 0 unspecified atom stereocenters. The summed E-state index contributed by atoms with van der Waals surface area (Å²) in [5, 5.41) is 20.2. The van der Waals surface area contributed by atoms with E-state index in [1.165, 1.54) is 154 Å². The molecular weight excluding hydrogens is 610 g/mol. The third-order valence-electron chi connectivity index (χ3n) is 8.70. The second kappa shape index (κ2) is 48.0. The molecule has 0 rings (SSSR count). The Balaban J connectivity index is -0.000000592. The summed E-state index contributed by atoms with van der Waals surface area (Å²) >= 11 is -0.0720. The van der Waals surface area contributed by atoms with Crippen LogP contribution in [0.2, 0.25) is 10.0 Å². The van der Waals surface area contributed by atoms with Crippen LogP contribution in [0.15, 0.2) is 0 Å². The zero-order valence-corrected chi connectivity index (χ0v) is 34.4. The Hall–Kier alpha value is -0.437. The predicted molar refractivity (Wildman–Crippen MR) is 195 cm³/mol. The van der Waals surface area contributed by atoms with Crippen molar-refractivity contribution < 1.29 is 36.9 Å². The molecule has 0 aliphatic carbocycles. The van der Waals surface area contributed by atoms with E-state index >= 15 is 0 Å². The Bertz CT molecular complexity index is 494. The quantitative estimate of drug-likeness (QED) is 0.0520. The molecule has 0 aliphatic heterocycles. The van der Waals surface area contributed by atoms with Crippen molar-refractivity contribution in [3.05, 3.63) is 0 Å². The van der Waals surface area contributed by atoms with Crippen LogP contribution in [0, 0.1) is 0 Å². The van der Waals surface area contributed by atoms with Gasteiger partial charge in [-0.3, -0.25) is 9.59 Å². The molecule has 0 radical (unpaired) electrons. The molecule has 0 aliphatic rings. The topological polar surface area (TPSA) is 74.6 Å². The van der Waals surface area contributed by atoms with E-state index in [0.717, 1.165) is 25.7 Å². The maximum absolute atomic E-state index is 10.2. The normalized spacial score (nSPS) is 10.4. The van der Waals surface area contributed by atoms with Gasteiger partial charge in [-0.05, 0) is 12.8 Å². The summed E-state index contributed by atoms with van der Waals surface area (Å²) in [6.07, 6.45) is 40.8. The van der Waals surface area contributed by atoms with Crippen LogP contribution in [-0.2, 0) is 26.7 Å². The molecule has 5 heteroatoms. The van der Waals surface area contributed by atoms with Gasteiger partial charge in [0.15, 0.2) is 0 Å². The molecule has 0 atom stereocenters. The molecule has 0 bridgehead atoms. The Morgan fingerprint density at radius 3 is 0.756 bits per heavy atom. The van der Waals surface area contributed by atoms with Crippen LogP contribution in [0.3, 0.4) is 0 Å². The average molecular weight is 692 g/mol. The van der Waals surface area contributed by atoms with Crippen molar-refractivity contribution in [3.8, 4) is 0 Å².